The zero-order chi connectivity index (χ0) is 15.3. The van der Waals surface area contributed by atoms with Crippen molar-refractivity contribution in [2.24, 2.45) is 0 Å². The first-order chi connectivity index (χ1) is 10.6. The van der Waals surface area contributed by atoms with Crippen molar-refractivity contribution >= 4 is 17.5 Å². The number of carbonyl (C=O) groups is 1. The molecule has 0 aliphatic carbocycles. The Bertz CT molecular complexity index is 735. The predicted molar refractivity (Wildman–Crippen MR) is 88.6 cm³/mol. The van der Waals surface area contributed by atoms with E-state index in [4.69, 9.17) is 4.74 Å². The van der Waals surface area contributed by atoms with Crippen molar-refractivity contribution in [2.75, 3.05) is 5.75 Å². The SMILES string of the molecule is CC(C)c1ccc(C2OC23CSc2ccccc2C3=O)cc1. The maximum atomic E-state index is 12.8. The first kappa shape index (κ1) is 14.0. The number of Topliss-reactive ketones (excluding diaryl/α,β-unsaturated/α-hetero) is 1. The van der Waals surface area contributed by atoms with Crippen LogP contribution in [0.4, 0.5) is 0 Å². The molecule has 22 heavy (non-hydrogen) atoms. The molecular weight excluding hydrogens is 292 g/mol. The largest absolute Gasteiger partial charge is 0.351 e. The second-order valence-electron chi connectivity index (χ2n) is 6.32. The van der Waals surface area contributed by atoms with Gasteiger partial charge in [-0.1, -0.05) is 56.3 Å². The summed E-state index contributed by atoms with van der Waals surface area (Å²) >= 11 is 1.72. The van der Waals surface area contributed by atoms with Gasteiger partial charge in [0.2, 0.25) is 0 Å². The molecule has 2 aromatic carbocycles. The topological polar surface area (TPSA) is 29.6 Å². The molecule has 2 aliphatic heterocycles. The second-order valence-corrected chi connectivity index (χ2v) is 7.34. The molecule has 2 aliphatic rings. The Morgan fingerprint density at radius 1 is 1.14 bits per heavy atom. The summed E-state index contributed by atoms with van der Waals surface area (Å²) in [6, 6.07) is 16.3. The molecule has 0 radical (unpaired) electrons. The third-order valence-electron chi connectivity index (χ3n) is 4.56. The number of benzene rings is 2. The summed E-state index contributed by atoms with van der Waals surface area (Å²) in [6.45, 7) is 4.37. The Hall–Kier alpha value is -1.58. The zero-order valence-electron chi connectivity index (χ0n) is 12.7. The molecular formula is C19H18O2S. The number of ether oxygens (including phenoxy) is 1. The molecule has 2 aromatic rings. The van der Waals surface area contributed by atoms with Crippen LogP contribution in [0.1, 0.15) is 47.4 Å². The van der Waals surface area contributed by atoms with Crippen molar-refractivity contribution in [3.05, 3.63) is 65.2 Å². The summed E-state index contributed by atoms with van der Waals surface area (Å²) < 4.78 is 5.93. The highest BCUT2D eigenvalue weighted by Crippen LogP contribution is 2.56. The van der Waals surface area contributed by atoms with Gasteiger partial charge in [-0.25, -0.2) is 0 Å². The van der Waals surface area contributed by atoms with E-state index in [1.54, 1.807) is 11.8 Å². The summed E-state index contributed by atoms with van der Waals surface area (Å²) in [5.41, 5.74) is 2.59. The molecule has 1 fully saturated rings. The van der Waals surface area contributed by atoms with Crippen LogP contribution in [-0.4, -0.2) is 17.1 Å². The Kier molecular flexibility index (Phi) is 3.17. The summed E-state index contributed by atoms with van der Waals surface area (Å²) in [5, 5.41) is 0. The van der Waals surface area contributed by atoms with Gasteiger partial charge in [0.15, 0.2) is 11.4 Å². The average molecular weight is 310 g/mol. The van der Waals surface area contributed by atoms with Gasteiger partial charge in [-0.15, -0.1) is 11.8 Å². The second kappa shape index (κ2) is 4.97. The summed E-state index contributed by atoms with van der Waals surface area (Å²) in [7, 11) is 0. The molecule has 2 nitrogen and oxygen atoms in total. The van der Waals surface area contributed by atoms with Crippen LogP contribution in [0.5, 0.6) is 0 Å². The average Bonchev–Trinajstić information content (AvgIpc) is 3.27. The number of hydrogen-bond acceptors (Lipinski definition) is 3. The fourth-order valence-corrected chi connectivity index (χ4v) is 4.32. The first-order valence-corrected chi connectivity index (χ1v) is 8.65. The minimum atomic E-state index is -0.641. The highest BCUT2D eigenvalue weighted by atomic mass is 32.2. The number of ketones is 1. The van der Waals surface area contributed by atoms with Crippen molar-refractivity contribution in [3.8, 4) is 0 Å². The lowest BCUT2D eigenvalue weighted by Crippen LogP contribution is -2.32. The van der Waals surface area contributed by atoms with Crippen molar-refractivity contribution in [1.82, 2.24) is 0 Å². The van der Waals surface area contributed by atoms with E-state index in [0.29, 0.717) is 11.7 Å². The monoisotopic (exact) mass is 310 g/mol. The minimum Gasteiger partial charge on any atom is -0.351 e. The number of carbonyl (C=O) groups excluding carboxylic acids is 1. The molecule has 2 heterocycles. The van der Waals surface area contributed by atoms with Gasteiger partial charge in [-0.2, -0.15) is 0 Å². The van der Waals surface area contributed by atoms with Crippen LogP contribution in [-0.2, 0) is 4.74 Å². The van der Waals surface area contributed by atoms with E-state index >= 15 is 0 Å². The van der Waals surface area contributed by atoms with E-state index in [1.807, 2.05) is 24.3 Å². The summed E-state index contributed by atoms with van der Waals surface area (Å²) in [4.78, 5) is 13.9. The molecule has 3 heteroatoms. The van der Waals surface area contributed by atoms with Crippen molar-refractivity contribution in [3.63, 3.8) is 0 Å². The normalized spacial score (nSPS) is 26.3. The highest BCUT2D eigenvalue weighted by molar-refractivity contribution is 7.99. The molecule has 2 atom stereocenters. The lowest BCUT2D eigenvalue weighted by Gasteiger charge is -2.20. The van der Waals surface area contributed by atoms with Gasteiger partial charge in [0.05, 0.1) is 0 Å². The predicted octanol–water partition coefficient (Wildman–Crippen LogP) is 4.61. The lowest BCUT2D eigenvalue weighted by molar-refractivity contribution is 0.0885. The first-order valence-electron chi connectivity index (χ1n) is 7.66. The van der Waals surface area contributed by atoms with Gasteiger partial charge in [0.25, 0.3) is 0 Å². The van der Waals surface area contributed by atoms with Crippen LogP contribution >= 0.6 is 11.8 Å². The maximum absolute atomic E-state index is 12.8. The van der Waals surface area contributed by atoms with Crippen LogP contribution in [0, 0.1) is 0 Å². The Balaban J connectivity index is 1.62. The van der Waals surface area contributed by atoms with Crippen LogP contribution in [0.25, 0.3) is 0 Å². The minimum absolute atomic E-state index is 0.0953. The van der Waals surface area contributed by atoms with E-state index in [-0.39, 0.29) is 11.9 Å². The van der Waals surface area contributed by atoms with Gasteiger partial charge in [-0.05, 0) is 23.1 Å². The molecule has 0 saturated carbocycles. The van der Waals surface area contributed by atoms with E-state index in [2.05, 4.69) is 38.1 Å². The van der Waals surface area contributed by atoms with Crippen LogP contribution in [0.2, 0.25) is 0 Å². The molecule has 0 N–H and O–H groups in total. The van der Waals surface area contributed by atoms with Gasteiger partial charge in [-0.3, -0.25) is 4.79 Å². The van der Waals surface area contributed by atoms with Gasteiger partial charge < -0.3 is 4.74 Å². The van der Waals surface area contributed by atoms with E-state index in [1.165, 1.54) is 5.56 Å². The van der Waals surface area contributed by atoms with Crippen LogP contribution in [0.3, 0.4) is 0 Å². The van der Waals surface area contributed by atoms with E-state index in [9.17, 15) is 4.79 Å². The molecule has 1 spiro atoms. The summed E-state index contributed by atoms with van der Waals surface area (Å²) in [5.74, 6) is 1.36. The van der Waals surface area contributed by atoms with Gasteiger partial charge in [0, 0.05) is 16.2 Å². The zero-order valence-corrected chi connectivity index (χ0v) is 13.5. The fourth-order valence-electron chi connectivity index (χ4n) is 3.11. The van der Waals surface area contributed by atoms with Crippen molar-refractivity contribution < 1.29 is 9.53 Å². The molecule has 0 aromatic heterocycles. The Morgan fingerprint density at radius 3 is 2.59 bits per heavy atom. The van der Waals surface area contributed by atoms with Crippen molar-refractivity contribution in [2.45, 2.75) is 36.4 Å². The standard InChI is InChI=1S/C19H18O2S/c1-12(2)13-7-9-14(10-8-13)18-19(21-18)11-22-16-6-4-3-5-15(16)17(19)20/h3-10,12,18H,11H2,1-2H3. The smallest absolute Gasteiger partial charge is 0.199 e. The third kappa shape index (κ3) is 2.03. The quantitative estimate of drug-likeness (QED) is 0.759. The molecule has 1 saturated heterocycles. The van der Waals surface area contributed by atoms with Crippen LogP contribution < -0.4 is 0 Å². The molecule has 4 rings (SSSR count). The van der Waals surface area contributed by atoms with E-state index in [0.717, 1.165) is 16.0 Å². The molecule has 0 amide bonds. The molecule has 2 unspecified atom stereocenters. The van der Waals surface area contributed by atoms with Crippen LogP contribution in [0.15, 0.2) is 53.4 Å². The fraction of sp³-hybridized carbons (Fsp3) is 0.316. The number of epoxide rings is 1. The number of rotatable bonds is 2. The number of hydrogen-bond donors (Lipinski definition) is 0. The summed E-state index contributed by atoms with van der Waals surface area (Å²) in [6.07, 6.45) is -0.0953. The number of fused-ring (bicyclic) bond motifs is 1. The highest BCUT2D eigenvalue weighted by Gasteiger charge is 2.64. The van der Waals surface area contributed by atoms with Gasteiger partial charge >= 0.3 is 0 Å². The van der Waals surface area contributed by atoms with Crippen molar-refractivity contribution in [1.29, 1.82) is 0 Å². The third-order valence-corrected chi connectivity index (χ3v) is 5.80. The molecule has 112 valence electrons. The Morgan fingerprint density at radius 2 is 1.86 bits per heavy atom. The Labute approximate surface area is 134 Å². The van der Waals surface area contributed by atoms with E-state index < -0.39 is 5.60 Å². The maximum Gasteiger partial charge on any atom is 0.199 e. The van der Waals surface area contributed by atoms with Gasteiger partial charge in [0.1, 0.15) is 6.10 Å². The molecule has 0 bridgehead atoms. The number of thioether (sulfide) groups is 1. The lowest BCUT2D eigenvalue weighted by atomic mass is 9.91.